The highest BCUT2D eigenvalue weighted by Crippen LogP contribution is 2.18. The van der Waals surface area contributed by atoms with Gasteiger partial charge in [0.05, 0.1) is 11.8 Å². The fourth-order valence-corrected chi connectivity index (χ4v) is 0.856. The number of allylic oxidation sites excluding steroid dienone is 1. The topological polar surface area (TPSA) is 87.6 Å². The van der Waals surface area contributed by atoms with E-state index in [2.05, 4.69) is 15.5 Å². The molecule has 0 bridgehead atoms. The number of hydrogen-bond acceptors (Lipinski definition) is 5. The van der Waals surface area contributed by atoms with Gasteiger partial charge in [0.1, 0.15) is 11.9 Å². The molecule has 0 saturated heterocycles. The molecule has 0 aliphatic rings. The molecule has 68 valence electrons. The molecule has 1 rings (SSSR count). The Morgan fingerprint density at radius 3 is 2.77 bits per heavy atom. The van der Waals surface area contributed by atoms with Crippen LogP contribution in [-0.2, 0) is 0 Å². The van der Waals surface area contributed by atoms with Crippen LogP contribution < -0.4 is 0 Å². The third-order valence-electron chi connectivity index (χ3n) is 1.42. The largest absolute Gasteiger partial charge is 0.384 e. The Labute approximate surface area is 75.1 Å². The van der Waals surface area contributed by atoms with Crippen molar-refractivity contribution < 1.29 is 5.11 Å². The van der Waals surface area contributed by atoms with Crippen molar-refractivity contribution in [3.8, 4) is 6.07 Å². The molecule has 13 heavy (non-hydrogen) atoms. The number of aromatic nitrogens is 4. The molecule has 6 nitrogen and oxygen atoms in total. The summed E-state index contributed by atoms with van der Waals surface area (Å²) in [7, 11) is 0. The molecule has 0 amide bonds. The van der Waals surface area contributed by atoms with Crippen LogP contribution in [-0.4, -0.2) is 30.9 Å². The van der Waals surface area contributed by atoms with E-state index in [4.69, 9.17) is 5.26 Å². The zero-order valence-electron chi connectivity index (χ0n) is 7.34. The number of tetrazole rings is 1. The van der Waals surface area contributed by atoms with Gasteiger partial charge in [0.15, 0.2) is 0 Å². The van der Waals surface area contributed by atoms with Crippen molar-refractivity contribution in [1.29, 1.82) is 5.26 Å². The Morgan fingerprint density at radius 1 is 1.69 bits per heavy atom. The second-order valence-corrected chi connectivity index (χ2v) is 2.97. The molecule has 6 heteroatoms. The van der Waals surface area contributed by atoms with E-state index in [0.717, 1.165) is 0 Å². The smallest absolute Gasteiger partial charge is 0.143 e. The molecule has 0 fully saturated rings. The number of rotatable bonds is 2. The molecule has 0 atom stereocenters. The maximum absolute atomic E-state index is 9.64. The predicted octanol–water partition coefficient (Wildman–Crippen LogP) is -0.192. The van der Waals surface area contributed by atoms with Gasteiger partial charge in [0.2, 0.25) is 0 Å². The first-order chi connectivity index (χ1) is 6.05. The number of nitrogens with zero attached hydrogens (tertiary/aromatic N) is 5. The summed E-state index contributed by atoms with van der Waals surface area (Å²) in [5.41, 5.74) is -0.814. The van der Waals surface area contributed by atoms with E-state index in [0.29, 0.717) is 5.70 Å². The van der Waals surface area contributed by atoms with Crippen LogP contribution in [0.25, 0.3) is 5.70 Å². The van der Waals surface area contributed by atoms with E-state index in [1.165, 1.54) is 17.1 Å². The molecule has 0 aromatic carbocycles. The monoisotopic (exact) mass is 179 g/mol. The van der Waals surface area contributed by atoms with Gasteiger partial charge in [-0.1, -0.05) is 0 Å². The van der Waals surface area contributed by atoms with Crippen molar-refractivity contribution in [3.05, 3.63) is 12.4 Å². The summed E-state index contributed by atoms with van der Waals surface area (Å²) in [5, 5.41) is 28.5. The summed E-state index contributed by atoms with van der Waals surface area (Å²) in [6, 6.07) is 1.82. The quantitative estimate of drug-likeness (QED) is 0.635. The van der Waals surface area contributed by atoms with E-state index in [1.807, 2.05) is 6.07 Å². The Bertz CT molecular complexity index is 340. The van der Waals surface area contributed by atoms with Gasteiger partial charge in [-0.2, -0.15) is 5.26 Å². The second kappa shape index (κ2) is 3.33. The minimum absolute atomic E-state index is 0.333. The van der Waals surface area contributed by atoms with Gasteiger partial charge in [0.25, 0.3) is 0 Å². The summed E-state index contributed by atoms with van der Waals surface area (Å²) >= 11 is 0. The first-order valence-electron chi connectivity index (χ1n) is 3.61. The molecule has 1 aromatic rings. The molecule has 0 aliphatic heterocycles. The molecule has 1 N–H and O–H groups in total. The summed E-state index contributed by atoms with van der Waals surface area (Å²) < 4.78 is 1.25. The summed E-state index contributed by atoms with van der Waals surface area (Å²) in [4.78, 5) is 0. The van der Waals surface area contributed by atoms with Crippen LogP contribution in [0.4, 0.5) is 0 Å². The lowest BCUT2D eigenvalue weighted by atomic mass is 10.1. The summed E-state index contributed by atoms with van der Waals surface area (Å²) in [6.07, 6.45) is 2.53. The first-order valence-corrected chi connectivity index (χ1v) is 3.61. The van der Waals surface area contributed by atoms with Crippen molar-refractivity contribution >= 4 is 5.70 Å². The van der Waals surface area contributed by atoms with Crippen LogP contribution >= 0.6 is 0 Å². The fraction of sp³-hybridized carbons (Fsp3) is 0.429. The summed E-state index contributed by atoms with van der Waals surface area (Å²) in [6.45, 7) is 3.11. The Balaban J connectivity index is 3.11. The third-order valence-corrected chi connectivity index (χ3v) is 1.42. The van der Waals surface area contributed by atoms with Crippen molar-refractivity contribution in [2.24, 2.45) is 0 Å². The van der Waals surface area contributed by atoms with Crippen molar-refractivity contribution in [1.82, 2.24) is 20.2 Å². The highest BCUT2D eigenvalue weighted by molar-refractivity contribution is 5.54. The van der Waals surface area contributed by atoms with Gasteiger partial charge >= 0.3 is 0 Å². The highest BCUT2D eigenvalue weighted by Gasteiger charge is 2.21. The lowest BCUT2D eigenvalue weighted by Crippen LogP contribution is -2.25. The molecule has 1 aromatic heterocycles. The Hall–Kier alpha value is -1.74. The fourth-order valence-electron chi connectivity index (χ4n) is 0.856. The van der Waals surface area contributed by atoms with Gasteiger partial charge in [-0.05, 0) is 24.3 Å². The van der Waals surface area contributed by atoms with E-state index >= 15 is 0 Å². The van der Waals surface area contributed by atoms with Gasteiger partial charge in [-0.3, -0.25) is 0 Å². The van der Waals surface area contributed by atoms with Gasteiger partial charge in [-0.25, -0.2) is 4.68 Å². The summed E-state index contributed by atoms with van der Waals surface area (Å²) in [5.74, 6) is 0. The molecule has 0 aliphatic carbocycles. The minimum atomic E-state index is -1.15. The number of hydrogen-bond donors (Lipinski definition) is 1. The molecule has 0 saturated carbocycles. The van der Waals surface area contributed by atoms with E-state index in [1.54, 1.807) is 13.8 Å². The first kappa shape index (κ1) is 9.35. The zero-order valence-corrected chi connectivity index (χ0v) is 7.34. The Kier molecular flexibility index (Phi) is 2.39. The van der Waals surface area contributed by atoms with Crippen LogP contribution in [0.5, 0.6) is 0 Å². The average molecular weight is 179 g/mol. The van der Waals surface area contributed by atoms with Crippen LogP contribution in [0, 0.1) is 11.3 Å². The van der Waals surface area contributed by atoms with Crippen molar-refractivity contribution in [2.45, 2.75) is 19.4 Å². The van der Waals surface area contributed by atoms with Crippen LogP contribution in [0.15, 0.2) is 12.4 Å². The molecule has 1 heterocycles. The van der Waals surface area contributed by atoms with Gasteiger partial charge in [0, 0.05) is 6.08 Å². The van der Waals surface area contributed by atoms with Crippen molar-refractivity contribution in [2.75, 3.05) is 0 Å². The second-order valence-electron chi connectivity index (χ2n) is 2.97. The van der Waals surface area contributed by atoms with E-state index in [9.17, 15) is 5.11 Å². The van der Waals surface area contributed by atoms with Crippen molar-refractivity contribution in [3.63, 3.8) is 0 Å². The van der Waals surface area contributed by atoms with Crippen LogP contribution in [0.3, 0.4) is 0 Å². The SMILES string of the molecule is CC(C)(O)/C(=C/C#N)n1cnnn1. The Morgan fingerprint density at radius 2 is 2.38 bits per heavy atom. The van der Waals surface area contributed by atoms with E-state index in [-0.39, 0.29) is 0 Å². The lowest BCUT2D eigenvalue weighted by molar-refractivity contribution is 0.136. The zero-order chi connectivity index (χ0) is 9.90. The van der Waals surface area contributed by atoms with E-state index < -0.39 is 5.60 Å². The highest BCUT2D eigenvalue weighted by atomic mass is 16.3. The van der Waals surface area contributed by atoms with Gasteiger partial charge in [-0.15, -0.1) is 5.10 Å². The number of nitriles is 1. The average Bonchev–Trinajstić information content (AvgIpc) is 2.49. The molecule has 0 unspecified atom stereocenters. The standard InChI is InChI=1S/C7H9N5O/c1-7(2,13)6(3-4-8)12-5-9-10-11-12/h3,5,13H,1-2H3/b6-3-. The van der Waals surface area contributed by atoms with Crippen LogP contribution in [0.1, 0.15) is 13.8 Å². The van der Waals surface area contributed by atoms with Gasteiger partial charge < -0.3 is 5.11 Å². The maximum atomic E-state index is 9.64. The lowest BCUT2D eigenvalue weighted by Gasteiger charge is -2.19. The predicted molar refractivity (Wildman–Crippen MR) is 44.0 cm³/mol. The normalized spacial score (nSPS) is 12.6. The van der Waals surface area contributed by atoms with Crippen LogP contribution in [0.2, 0.25) is 0 Å². The number of aliphatic hydroxyl groups is 1. The molecule has 0 spiro atoms. The molecular weight excluding hydrogens is 170 g/mol. The third kappa shape index (κ3) is 2.10. The minimum Gasteiger partial charge on any atom is -0.384 e. The molecule has 0 radical (unpaired) electrons. The molecular formula is C7H9N5O. The maximum Gasteiger partial charge on any atom is 0.143 e.